The monoisotopic (exact) mass is 440 g/mol. The average Bonchev–Trinajstić information content (AvgIpc) is 2.82. The quantitative estimate of drug-likeness (QED) is 0.598. The molecule has 2 aliphatic rings. The average molecular weight is 441 g/mol. The number of piperidine rings is 1. The van der Waals surface area contributed by atoms with Gasteiger partial charge in [0.15, 0.2) is 5.43 Å². The molecule has 5 heteroatoms. The third-order valence-corrected chi connectivity index (χ3v) is 6.81. The van der Waals surface area contributed by atoms with E-state index in [0.717, 1.165) is 35.5 Å². The molecular weight excluding hydrogens is 412 g/mol. The predicted molar refractivity (Wildman–Crippen MR) is 130 cm³/mol. The molecular formula is C28H28N2O3. The number of fused-ring (bicyclic) bond motifs is 1. The molecule has 3 heterocycles. The summed E-state index contributed by atoms with van der Waals surface area (Å²) in [5.74, 6) is 0.976. The first-order valence-electron chi connectivity index (χ1n) is 11.5. The lowest BCUT2D eigenvalue weighted by atomic mass is 9.87. The van der Waals surface area contributed by atoms with E-state index in [4.69, 9.17) is 4.74 Å². The van der Waals surface area contributed by atoms with Crippen LogP contribution in [0, 0.1) is 13.8 Å². The number of amides is 1. The maximum atomic E-state index is 13.0. The lowest BCUT2D eigenvalue weighted by Crippen LogP contribution is -2.50. The second-order valence-corrected chi connectivity index (χ2v) is 9.06. The molecule has 0 N–H and O–H groups in total. The molecule has 33 heavy (non-hydrogen) atoms. The Hall–Kier alpha value is -3.60. The number of ether oxygens (including phenoxy) is 1. The molecule has 1 saturated heterocycles. The van der Waals surface area contributed by atoms with Gasteiger partial charge in [-0.25, -0.2) is 0 Å². The summed E-state index contributed by atoms with van der Waals surface area (Å²) in [6, 6.07) is 19.8. The molecule has 2 aliphatic heterocycles. The van der Waals surface area contributed by atoms with E-state index >= 15 is 0 Å². The highest BCUT2D eigenvalue weighted by Gasteiger charge is 2.38. The van der Waals surface area contributed by atoms with Crippen molar-refractivity contribution in [2.45, 2.75) is 38.8 Å². The number of hydrogen-bond acceptors (Lipinski definition) is 3. The number of carbonyl (C=O) groups excluding carboxylic acids is 1. The molecule has 0 saturated carbocycles. The lowest BCUT2D eigenvalue weighted by molar-refractivity contribution is -0.134. The second kappa shape index (κ2) is 8.39. The summed E-state index contributed by atoms with van der Waals surface area (Å²) in [5, 5.41) is 0. The zero-order valence-corrected chi connectivity index (χ0v) is 19.1. The van der Waals surface area contributed by atoms with Crippen molar-refractivity contribution in [2.75, 3.05) is 13.1 Å². The van der Waals surface area contributed by atoms with E-state index in [0.29, 0.717) is 13.1 Å². The molecule has 1 aromatic heterocycles. The van der Waals surface area contributed by atoms with E-state index in [9.17, 15) is 9.59 Å². The standard InChI is InChI=1S/C28H28N2O3/c1-20-16-25(31)17-21(2)30(20)19-27(32)29-14-12-28(13-15-29)11-10-24-18-23(8-9-26(24)33-28)22-6-4-3-5-7-22/h3-11,16-18H,12-15,19H2,1-2H3. The Morgan fingerprint density at radius 1 is 0.939 bits per heavy atom. The second-order valence-electron chi connectivity index (χ2n) is 9.06. The van der Waals surface area contributed by atoms with Crippen LogP contribution in [0.5, 0.6) is 5.75 Å². The van der Waals surface area contributed by atoms with Gasteiger partial charge in [0, 0.05) is 55.0 Å². The van der Waals surface area contributed by atoms with Gasteiger partial charge < -0.3 is 14.2 Å². The Bertz CT molecular complexity index is 1260. The molecule has 0 bridgehead atoms. The zero-order chi connectivity index (χ0) is 23.0. The smallest absolute Gasteiger partial charge is 0.242 e. The van der Waals surface area contributed by atoms with Gasteiger partial charge in [0.05, 0.1) is 0 Å². The molecule has 0 unspecified atom stereocenters. The number of pyridine rings is 1. The highest BCUT2D eigenvalue weighted by molar-refractivity contribution is 5.76. The van der Waals surface area contributed by atoms with Gasteiger partial charge >= 0.3 is 0 Å². The first-order chi connectivity index (χ1) is 15.9. The van der Waals surface area contributed by atoms with Gasteiger partial charge in [0.2, 0.25) is 5.91 Å². The topological polar surface area (TPSA) is 51.5 Å². The molecule has 3 aromatic rings. The van der Waals surface area contributed by atoms with Crippen LogP contribution in [0.4, 0.5) is 0 Å². The fourth-order valence-electron chi connectivity index (χ4n) is 4.85. The van der Waals surface area contributed by atoms with Crippen molar-refractivity contribution in [1.29, 1.82) is 0 Å². The molecule has 5 rings (SSSR count). The van der Waals surface area contributed by atoms with Crippen LogP contribution in [-0.4, -0.2) is 34.1 Å². The molecule has 1 fully saturated rings. The molecule has 168 valence electrons. The SMILES string of the molecule is Cc1cc(=O)cc(C)n1CC(=O)N1CCC2(C=Cc3cc(-c4ccccc4)ccc3O2)CC1. The first kappa shape index (κ1) is 21.3. The summed E-state index contributed by atoms with van der Waals surface area (Å²) in [6.07, 6.45) is 5.85. The number of likely N-dealkylation sites (tertiary alicyclic amines) is 1. The van der Waals surface area contributed by atoms with Crippen molar-refractivity contribution < 1.29 is 9.53 Å². The molecule has 2 aromatic carbocycles. The molecule has 0 aliphatic carbocycles. The van der Waals surface area contributed by atoms with Crippen molar-refractivity contribution in [3.8, 4) is 16.9 Å². The third-order valence-electron chi connectivity index (χ3n) is 6.81. The highest BCUT2D eigenvalue weighted by Crippen LogP contribution is 2.38. The van der Waals surface area contributed by atoms with Crippen molar-refractivity contribution in [1.82, 2.24) is 9.47 Å². The van der Waals surface area contributed by atoms with Gasteiger partial charge in [-0.1, -0.05) is 42.5 Å². The van der Waals surface area contributed by atoms with E-state index < -0.39 is 0 Å². The van der Waals surface area contributed by atoms with Crippen LogP contribution in [0.2, 0.25) is 0 Å². The molecule has 0 atom stereocenters. The van der Waals surface area contributed by atoms with Gasteiger partial charge in [-0.2, -0.15) is 0 Å². The van der Waals surface area contributed by atoms with Crippen LogP contribution < -0.4 is 10.2 Å². The molecule has 0 radical (unpaired) electrons. The van der Waals surface area contributed by atoms with Crippen molar-refractivity contribution in [2.24, 2.45) is 0 Å². The van der Waals surface area contributed by atoms with Gasteiger partial charge in [-0.15, -0.1) is 0 Å². The summed E-state index contributed by atoms with van der Waals surface area (Å²) >= 11 is 0. The molecule has 1 amide bonds. The summed E-state index contributed by atoms with van der Waals surface area (Å²) in [5.41, 5.74) is 4.69. The summed E-state index contributed by atoms with van der Waals surface area (Å²) in [6.45, 7) is 5.30. The normalized spacial score (nSPS) is 16.4. The van der Waals surface area contributed by atoms with E-state index in [2.05, 4.69) is 42.5 Å². The number of hydrogen-bond donors (Lipinski definition) is 0. The lowest BCUT2D eigenvalue weighted by Gasteiger charge is -2.42. The van der Waals surface area contributed by atoms with Crippen LogP contribution in [0.1, 0.15) is 29.8 Å². The van der Waals surface area contributed by atoms with Gasteiger partial charge in [-0.05, 0) is 43.2 Å². The van der Waals surface area contributed by atoms with E-state index in [1.807, 2.05) is 41.5 Å². The number of benzene rings is 2. The van der Waals surface area contributed by atoms with Crippen LogP contribution in [-0.2, 0) is 11.3 Å². The largest absolute Gasteiger partial charge is 0.482 e. The van der Waals surface area contributed by atoms with Crippen molar-refractivity contribution >= 4 is 12.0 Å². The molecule has 1 spiro atoms. The van der Waals surface area contributed by atoms with Crippen LogP contribution in [0.15, 0.2) is 71.5 Å². The Kier molecular flexibility index (Phi) is 5.41. The summed E-state index contributed by atoms with van der Waals surface area (Å²) in [7, 11) is 0. The number of nitrogens with zero attached hydrogens (tertiary/aromatic N) is 2. The number of carbonyl (C=O) groups is 1. The highest BCUT2D eigenvalue weighted by atomic mass is 16.5. The Morgan fingerprint density at radius 3 is 2.33 bits per heavy atom. The van der Waals surface area contributed by atoms with E-state index in [-0.39, 0.29) is 23.5 Å². The van der Waals surface area contributed by atoms with Crippen LogP contribution in [0.3, 0.4) is 0 Å². The Morgan fingerprint density at radius 2 is 1.64 bits per heavy atom. The van der Waals surface area contributed by atoms with Crippen LogP contribution in [0.25, 0.3) is 17.2 Å². The third kappa shape index (κ3) is 4.23. The predicted octanol–water partition coefficient (Wildman–Crippen LogP) is 4.60. The van der Waals surface area contributed by atoms with Crippen molar-refractivity contribution in [3.63, 3.8) is 0 Å². The first-order valence-corrected chi connectivity index (χ1v) is 11.5. The van der Waals surface area contributed by atoms with Gasteiger partial charge in [0.25, 0.3) is 0 Å². The number of rotatable bonds is 3. The number of aryl methyl sites for hydroxylation is 2. The number of aromatic nitrogens is 1. The Labute approximate surface area is 193 Å². The molecule has 5 nitrogen and oxygen atoms in total. The fraction of sp³-hybridized carbons (Fsp3) is 0.286. The summed E-state index contributed by atoms with van der Waals surface area (Å²) in [4.78, 5) is 26.5. The van der Waals surface area contributed by atoms with Gasteiger partial charge in [0.1, 0.15) is 17.9 Å². The minimum Gasteiger partial charge on any atom is -0.482 e. The van der Waals surface area contributed by atoms with E-state index in [1.54, 1.807) is 12.1 Å². The maximum absolute atomic E-state index is 13.0. The maximum Gasteiger partial charge on any atom is 0.242 e. The minimum atomic E-state index is -0.360. The van der Waals surface area contributed by atoms with Crippen molar-refractivity contribution in [3.05, 3.63) is 93.9 Å². The zero-order valence-electron chi connectivity index (χ0n) is 19.1. The van der Waals surface area contributed by atoms with Crippen LogP contribution >= 0.6 is 0 Å². The fourth-order valence-corrected chi connectivity index (χ4v) is 4.85. The Balaban J connectivity index is 1.26. The summed E-state index contributed by atoms with van der Waals surface area (Å²) < 4.78 is 8.39. The minimum absolute atomic E-state index is 0.0222. The van der Waals surface area contributed by atoms with Gasteiger partial charge in [-0.3, -0.25) is 9.59 Å². The van der Waals surface area contributed by atoms with E-state index in [1.165, 1.54) is 11.1 Å².